The second kappa shape index (κ2) is 7.79. The van der Waals surface area contributed by atoms with Crippen molar-refractivity contribution >= 4 is 0 Å². The fraction of sp³-hybridized carbons (Fsp3) is 0.722. The van der Waals surface area contributed by atoms with E-state index in [-0.39, 0.29) is 0 Å². The van der Waals surface area contributed by atoms with E-state index in [1.165, 1.54) is 12.0 Å². The minimum absolute atomic E-state index is 0.322. The lowest BCUT2D eigenvalue weighted by Gasteiger charge is -2.31. The largest absolute Gasteiger partial charge is 0.474 e. The fourth-order valence-electron chi connectivity index (χ4n) is 3.29. The molecule has 0 amide bonds. The molecule has 1 fully saturated rings. The highest BCUT2D eigenvalue weighted by Crippen LogP contribution is 2.31. The van der Waals surface area contributed by atoms with Crippen molar-refractivity contribution in [1.82, 2.24) is 10.3 Å². The number of hydrogen-bond acceptors (Lipinski definition) is 3. The zero-order valence-electron chi connectivity index (χ0n) is 13.9. The number of ether oxygens (including phenoxy) is 1. The van der Waals surface area contributed by atoms with Gasteiger partial charge in [0.25, 0.3) is 0 Å². The first-order valence-electron chi connectivity index (χ1n) is 8.35. The second-order valence-electron chi connectivity index (χ2n) is 7.15. The van der Waals surface area contributed by atoms with Gasteiger partial charge in [-0.25, -0.2) is 4.98 Å². The fourth-order valence-corrected chi connectivity index (χ4v) is 3.29. The summed E-state index contributed by atoms with van der Waals surface area (Å²) in [6.07, 6.45) is 5.78. The van der Waals surface area contributed by atoms with Crippen molar-refractivity contribution < 1.29 is 4.74 Å². The molecule has 0 radical (unpaired) electrons. The third-order valence-electron chi connectivity index (χ3n) is 4.13. The van der Waals surface area contributed by atoms with Crippen molar-refractivity contribution in [2.24, 2.45) is 17.8 Å². The van der Waals surface area contributed by atoms with Crippen molar-refractivity contribution in [2.45, 2.75) is 59.6 Å². The van der Waals surface area contributed by atoms with E-state index in [4.69, 9.17) is 4.74 Å². The Morgan fingerprint density at radius 2 is 1.95 bits per heavy atom. The quantitative estimate of drug-likeness (QED) is 0.859. The predicted molar refractivity (Wildman–Crippen MR) is 87.4 cm³/mol. The van der Waals surface area contributed by atoms with Gasteiger partial charge in [-0.05, 0) is 49.6 Å². The lowest BCUT2D eigenvalue weighted by Crippen LogP contribution is -2.29. The SMILES string of the molecule is CC(C)CNCc1cccnc1OC1CC(C)CC(C)C1. The third kappa shape index (κ3) is 5.31. The molecule has 0 aliphatic heterocycles. The van der Waals surface area contributed by atoms with E-state index < -0.39 is 0 Å². The number of nitrogens with zero attached hydrogens (tertiary/aromatic N) is 1. The minimum atomic E-state index is 0.322. The molecule has 118 valence electrons. The monoisotopic (exact) mass is 290 g/mol. The van der Waals surface area contributed by atoms with E-state index in [2.05, 4.69) is 44.1 Å². The van der Waals surface area contributed by atoms with E-state index in [1.807, 2.05) is 12.3 Å². The van der Waals surface area contributed by atoms with Crippen molar-refractivity contribution in [1.29, 1.82) is 0 Å². The van der Waals surface area contributed by atoms with Gasteiger partial charge in [0.05, 0.1) is 0 Å². The van der Waals surface area contributed by atoms with Gasteiger partial charge >= 0.3 is 0 Å². The van der Waals surface area contributed by atoms with E-state index in [1.54, 1.807) is 0 Å². The maximum atomic E-state index is 6.23. The molecule has 1 aliphatic rings. The van der Waals surface area contributed by atoms with Crippen LogP contribution in [0.4, 0.5) is 0 Å². The average Bonchev–Trinajstić information content (AvgIpc) is 2.39. The maximum Gasteiger partial charge on any atom is 0.218 e. The van der Waals surface area contributed by atoms with Gasteiger partial charge in [-0.3, -0.25) is 0 Å². The molecule has 2 unspecified atom stereocenters. The summed E-state index contributed by atoms with van der Waals surface area (Å²) in [6, 6.07) is 4.11. The molecule has 0 bridgehead atoms. The second-order valence-corrected chi connectivity index (χ2v) is 7.15. The minimum Gasteiger partial charge on any atom is -0.474 e. The molecule has 0 spiro atoms. The third-order valence-corrected chi connectivity index (χ3v) is 4.13. The van der Waals surface area contributed by atoms with Crippen LogP contribution in [0.1, 0.15) is 52.5 Å². The molecule has 1 saturated carbocycles. The van der Waals surface area contributed by atoms with Crippen molar-refractivity contribution in [2.75, 3.05) is 6.54 Å². The molecule has 2 rings (SSSR count). The summed E-state index contributed by atoms with van der Waals surface area (Å²) in [5.74, 6) is 2.99. The summed E-state index contributed by atoms with van der Waals surface area (Å²) in [5, 5.41) is 3.48. The Morgan fingerprint density at radius 3 is 2.62 bits per heavy atom. The molecular formula is C18H30N2O. The molecule has 1 heterocycles. The molecule has 2 atom stereocenters. The van der Waals surface area contributed by atoms with Crippen LogP contribution in [0.15, 0.2) is 18.3 Å². The highest BCUT2D eigenvalue weighted by Gasteiger charge is 2.26. The summed E-state index contributed by atoms with van der Waals surface area (Å²) in [4.78, 5) is 4.46. The van der Waals surface area contributed by atoms with Crippen LogP contribution >= 0.6 is 0 Å². The molecule has 21 heavy (non-hydrogen) atoms. The van der Waals surface area contributed by atoms with Crippen molar-refractivity contribution in [3.05, 3.63) is 23.9 Å². The maximum absolute atomic E-state index is 6.23. The molecule has 1 aromatic rings. The standard InChI is InChI=1S/C18H30N2O/c1-13(2)11-19-12-16-6-5-7-20-18(16)21-17-9-14(3)8-15(4)10-17/h5-7,13-15,17,19H,8-12H2,1-4H3. The van der Waals surface area contributed by atoms with Gasteiger partial charge in [0.2, 0.25) is 5.88 Å². The molecule has 1 N–H and O–H groups in total. The lowest BCUT2D eigenvalue weighted by molar-refractivity contribution is 0.0955. The number of pyridine rings is 1. The van der Waals surface area contributed by atoms with Crippen LogP contribution in [0.3, 0.4) is 0 Å². The van der Waals surface area contributed by atoms with Gasteiger partial charge in [-0.1, -0.05) is 33.8 Å². The predicted octanol–water partition coefficient (Wildman–Crippen LogP) is 4.03. The Bertz CT molecular complexity index is 423. The Labute approximate surface area is 129 Å². The summed E-state index contributed by atoms with van der Waals surface area (Å²) in [5.41, 5.74) is 1.17. The summed E-state index contributed by atoms with van der Waals surface area (Å²) >= 11 is 0. The van der Waals surface area contributed by atoms with E-state index in [0.717, 1.165) is 43.6 Å². The Balaban J connectivity index is 1.95. The Morgan fingerprint density at radius 1 is 1.24 bits per heavy atom. The van der Waals surface area contributed by atoms with Crippen LogP contribution < -0.4 is 10.1 Å². The van der Waals surface area contributed by atoms with Crippen LogP contribution in [0.5, 0.6) is 5.88 Å². The first-order chi connectivity index (χ1) is 10.0. The molecule has 1 aromatic heterocycles. The molecule has 0 aromatic carbocycles. The zero-order valence-corrected chi connectivity index (χ0v) is 13.9. The Hall–Kier alpha value is -1.09. The highest BCUT2D eigenvalue weighted by molar-refractivity contribution is 5.25. The van der Waals surface area contributed by atoms with Gasteiger partial charge in [0.1, 0.15) is 6.10 Å². The zero-order chi connectivity index (χ0) is 15.2. The highest BCUT2D eigenvalue weighted by atomic mass is 16.5. The van der Waals surface area contributed by atoms with E-state index in [9.17, 15) is 0 Å². The Kier molecular flexibility index (Phi) is 6.04. The summed E-state index contributed by atoms with van der Waals surface area (Å²) in [6.45, 7) is 11.0. The normalized spacial score (nSPS) is 26.0. The number of hydrogen-bond donors (Lipinski definition) is 1. The first-order valence-corrected chi connectivity index (χ1v) is 8.35. The van der Waals surface area contributed by atoms with Gasteiger partial charge < -0.3 is 10.1 Å². The summed E-state index contributed by atoms with van der Waals surface area (Å²) < 4.78 is 6.23. The number of rotatable bonds is 6. The first kappa shape index (κ1) is 16.3. The van der Waals surface area contributed by atoms with Crippen LogP contribution in [-0.2, 0) is 6.54 Å². The van der Waals surface area contributed by atoms with Crippen molar-refractivity contribution in [3.8, 4) is 5.88 Å². The smallest absolute Gasteiger partial charge is 0.218 e. The molecule has 3 heteroatoms. The molecule has 1 aliphatic carbocycles. The molecule has 0 saturated heterocycles. The van der Waals surface area contributed by atoms with Gasteiger partial charge in [-0.15, -0.1) is 0 Å². The van der Waals surface area contributed by atoms with E-state index in [0.29, 0.717) is 12.0 Å². The van der Waals surface area contributed by atoms with Crippen molar-refractivity contribution in [3.63, 3.8) is 0 Å². The lowest BCUT2D eigenvalue weighted by atomic mass is 9.82. The van der Waals surface area contributed by atoms with Gasteiger partial charge in [-0.2, -0.15) is 0 Å². The van der Waals surface area contributed by atoms with Crippen LogP contribution in [0.2, 0.25) is 0 Å². The molecule has 3 nitrogen and oxygen atoms in total. The number of nitrogens with one attached hydrogen (secondary N) is 1. The topological polar surface area (TPSA) is 34.2 Å². The number of aromatic nitrogens is 1. The van der Waals surface area contributed by atoms with Crippen LogP contribution in [-0.4, -0.2) is 17.6 Å². The summed E-state index contributed by atoms with van der Waals surface area (Å²) in [7, 11) is 0. The van der Waals surface area contributed by atoms with Gasteiger partial charge in [0, 0.05) is 18.3 Å². The average molecular weight is 290 g/mol. The van der Waals surface area contributed by atoms with E-state index >= 15 is 0 Å². The van der Waals surface area contributed by atoms with Crippen LogP contribution in [0, 0.1) is 17.8 Å². The van der Waals surface area contributed by atoms with Crippen LogP contribution in [0.25, 0.3) is 0 Å². The van der Waals surface area contributed by atoms with Gasteiger partial charge in [0.15, 0.2) is 0 Å². The molecular weight excluding hydrogens is 260 g/mol.